The average Bonchev–Trinajstić information content (AvgIpc) is 3.25. The number of ether oxygens (including phenoxy) is 1. The molecule has 2 aromatic heterocycles. The van der Waals surface area contributed by atoms with Crippen molar-refractivity contribution < 1.29 is 9.53 Å². The monoisotopic (exact) mass is 417 g/mol. The van der Waals surface area contributed by atoms with E-state index in [0.29, 0.717) is 22.4 Å². The first-order valence-corrected chi connectivity index (χ1v) is 10.2. The molecule has 4 aromatic rings. The fourth-order valence-electron chi connectivity index (χ4n) is 2.62. The number of H-pyrrole nitrogens is 1. The highest BCUT2D eigenvalue weighted by Crippen LogP contribution is 2.25. The number of pyridine rings is 1. The summed E-state index contributed by atoms with van der Waals surface area (Å²) in [5, 5.41) is 10.1. The Balaban J connectivity index is 1.33. The molecule has 4 rings (SSSR count). The summed E-state index contributed by atoms with van der Waals surface area (Å²) in [6.07, 6.45) is 3.38. The zero-order chi connectivity index (χ0) is 20.8. The van der Waals surface area contributed by atoms with E-state index in [1.165, 1.54) is 11.8 Å². The molecule has 0 spiro atoms. The molecule has 2 heterocycles. The molecule has 0 fully saturated rings. The van der Waals surface area contributed by atoms with Gasteiger partial charge in [-0.2, -0.15) is 0 Å². The van der Waals surface area contributed by atoms with Crippen LogP contribution in [0.2, 0.25) is 0 Å². The highest BCUT2D eigenvalue weighted by Gasteiger charge is 2.17. The predicted octanol–water partition coefficient (Wildman–Crippen LogP) is 4.78. The number of carbonyl (C=O) groups is 1. The summed E-state index contributed by atoms with van der Waals surface area (Å²) in [7, 11) is 0. The van der Waals surface area contributed by atoms with Gasteiger partial charge in [-0.3, -0.25) is 14.9 Å². The number of anilines is 1. The molecule has 0 saturated heterocycles. The van der Waals surface area contributed by atoms with Crippen LogP contribution in [0.5, 0.6) is 11.5 Å². The summed E-state index contributed by atoms with van der Waals surface area (Å²) in [6, 6.07) is 20.5. The van der Waals surface area contributed by atoms with Crippen LogP contribution in [0.25, 0.3) is 11.4 Å². The van der Waals surface area contributed by atoms with Gasteiger partial charge in [0.15, 0.2) is 5.82 Å². The number of amides is 1. The number of nitrogens with zero attached hydrogens (tertiary/aromatic N) is 3. The third-order valence-corrected chi connectivity index (χ3v) is 5.13. The minimum atomic E-state index is -0.369. The van der Waals surface area contributed by atoms with Gasteiger partial charge >= 0.3 is 0 Å². The van der Waals surface area contributed by atoms with Gasteiger partial charge in [-0.05, 0) is 55.5 Å². The molecule has 30 heavy (non-hydrogen) atoms. The molecule has 0 aliphatic rings. The van der Waals surface area contributed by atoms with Crippen LogP contribution >= 0.6 is 11.8 Å². The second-order valence-electron chi connectivity index (χ2n) is 6.39. The third kappa shape index (κ3) is 5.03. The van der Waals surface area contributed by atoms with Gasteiger partial charge in [0.05, 0.1) is 5.25 Å². The van der Waals surface area contributed by atoms with E-state index in [-0.39, 0.29) is 11.2 Å². The van der Waals surface area contributed by atoms with Crippen LogP contribution in [0.1, 0.15) is 6.92 Å². The smallest absolute Gasteiger partial charge is 0.237 e. The lowest BCUT2D eigenvalue weighted by Gasteiger charge is -2.11. The number of carbonyl (C=O) groups excluding carboxylic acids is 1. The predicted molar refractivity (Wildman–Crippen MR) is 117 cm³/mol. The summed E-state index contributed by atoms with van der Waals surface area (Å²) in [5.41, 5.74) is 1.58. The highest BCUT2D eigenvalue weighted by molar-refractivity contribution is 8.00. The fourth-order valence-corrected chi connectivity index (χ4v) is 3.35. The Hall–Kier alpha value is -3.65. The van der Waals surface area contributed by atoms with Crippen LogP contribution in [-0.4, -0.2) is 31.3 Å². The van der Waals surface area contributed by atoms with Crippen LogP contribution in [0.3, 0.4) is 0 Å². The molecule has 150 valence electrons. The van der Waals surface area contributed by atoms with Gasteiger partial charge in [-0.1, -0.05) is 30.0 Å². The van der Waals surface area contributed by atoms with E-state index >= 15 is 0 Å². The Bertz CT molecular complexity index is 1100. The number of nitrogens with one attached hydrogen (secondary N) is 2. The van der Waals surface area contributed by atoms with Crippen molar-refractivity contribution in [3.05, 3.63) is 79.1 Å². The minimum absolute atomic E-state index is 0.132. The van der Waals surface area contributed by atoms with Gasteiger partial charge in [0, 0.05) is 23.6 Å². The van der Waals surface area contributed by atoms with Gasteiger partial charge in [0.2, 0.25) is 11.1 Å². The molecule has 1 atom stereocenters. The number of aromatic amines is 1. The lowest BCUT2D eigenvalue weighted by Crippen LogP contribution is -2.22. The molecule has 0 bridgehead atoms. The van der Waals surface area contributed by atoms with E-state index in [1.807, 2.05) is 73.7 Å². The number of rotatable bonds is 7. The normalized spacial score (nSPS) is 11.6. The quantitative estimate of drug-likeness (QED) is 0.421. The number of hydrogen-bond donors (Lipinski definition) is 2. The third-order valence-electron chi connectivity index (χ3n) is 4.17. The molecule has 1 amide bonds. The van der Waals surface area contributed by atoms with Crippen molar-refractivity contribution in [2.75, 3.05) is 5.32 Å². The van der Waals surface area contributed by atoms with Gasteiger partial charge in [-0.25, -0.2) is 4.98 Å². The molecule has 0 saturated carbocycles. The maximum absolute atomic E-state index is 12.5. The Morgan fingerprint density at radius 2 is 1.70 bits per heavy atom. The maximum atomic E-state index is 12.5. The van der Waals surface area contributed by atoms with Crippen molar-refractivity contribution in [1.82, 2.24) is 20.2 Å². The van der Waals surface area contributed by atoms with Crippen LogP contribution in [0.4, 0.5) is 5.69 Å². The molecule has 0 unspecified atom stereocenters. The van der Waals surface area contributed by atoms with E-state index in [1.54, 1.807) is 12.4 Å². The molecule has 0 aliphatic heterocycles. The first-order chi connectivity index (χ1) is 14.7. The molecular formula is C22H19N5O2S. The summed E-state index contributed by atoms with van der Waals surface area (Å²) < 4.78 is 5.76. The summed E-state index contributed by atoms with van der Waals surface area (Å²) in [5.74, 6) is 1.97. The molecule has 2 N–H and O–H groups in total. The molecule has 7 nitrogen and oxygen atoms in total. The Morgan fingerprint density at radius 3 is 2.43 bits per heavy atom. The zero-order valence-corrected chi connectivity index (χ0v) is 17.0. The van der Waals surface area contributed by atoms with Crippen molar-refractivity contribution >= 4 is 23.4 Å². The van der Waals surface area contributed by atoms with E-state index in [2.05, 4.69) is 25.5 Å². The standard InChI is InChI=1S/C22H19N5O2S/c1-15(30-22-25-20(26-27-22)16-11-13-23-14-12-16)21(28)24-17-7-9-19(10-8-17)29-18-5-3-2-4-6-18/h2-15H,1H3,(H,24,28)(H,25,26,27)/t15-/m1/s1. The molecule has 0 aliphatic carbocycles. The van der Waals surface area contributed by atoms with Gasteiger partial charge < -0.3 is 10.1 Å². The van der Waals surface area contributed by atoms with Gasteiger partial charge in [0.25, 0.3) is 0 Å². The second-order valence-corrected chi connectivity index (χ2v) is 7.70. The van der Waals surface area contributed by atoms with E-state index in [0.717, 1.165) is 11.3 Å². The molecule has 2 aromatic carbocycles. The maximum Gasteiger partial charge on any atom is 0.237 e. The average molecular weight is 417 g/mol. The van der Waals surface area contributed by atoms with E-state index in [9.17, 15) is 4.79 Å². The Morgan fingerprint density at radius 1 is 1.00 bits per heavy atom. The second kappa shape index (κ2) is 9.23. The first kappa shape index (κ1) is 19.7. The lowest BCUT2D eigenvalue weighted by molar-refractivity contribution is -0.115. The van der Waals surface area contributed by atoms with Gasteiger partial charge in [-0.15, -0.1) is 5.10 Å². The number of thioether (sulfide) groups is 1. The largest absolute Gasteiger partial charge is 0.457 e. The molecule has 8 heteroatoms. The number of aromatic nitrogens is 4. The van der Waals surface area contributed by atoms with Crippen LogP contribution < -0.4 is 10.1 Å². The first-order valence-electron chi connectivity index (χ1n) is 9.31. The van der Waals surface area contributed by atoms with Gasteiger partial charge in [0.1, 0.15) is 11.5 Å². The topological polar surface area (TPSA) is 92.8 Å². The van der Waals surface area contributed by atoms with Crippen LogP contribution in [0.15, 0.2) is 84.3 Å². The molecule has 0 radical (unpaired) electrons. The van der Waals surface area contributed by atoms with Crippen molar-refractivity contribution in [2.45, 2.75) is 17.3 Å². The van der Waals surface area contributed by atoms with Crippen molar-refractivity contribution in [3.63, 3.8) is 0 Å². The van der Waals surface area contributed by atoms with E-state index in [4.69, 9.17) is 4.74 Å². The lowest BCUT2D eigenvalue weighted by atomic mass is 10.3. The summed E-state index contributed by atoms with van der Waals surface area (Å²) in [4.78, 5) is 21.0. The zero-order valence-electron chi connectivity index (χ0n) is 16.1. The van der Waals surface area contributed by atoms with Crippen molar-refractivity contribution in [3.8, 4) is 22.9 Å². The van der Waals surface area contributed by atoms with E-state index < -0.39 is 0 Å². The summed E-state index contributed by atoms with van der Waals surface area (Å²) in [6.45, 7) is 1.81. The SMILES string of the molecule is C[C@@H](Sc1n[nH]c(-c2ccncc2)n1)C(=O)Nc1ccc(Oc2ccccc2)cc1. The number of hydrogen-bond acceptors (Lipinski definition) is 6. The van der Waals surface area contributed by atoms with Crippen LogP contribution in [0, 0.1) is 0 Å². The Kier molecular flexibility index (Phi) is 6.05. The van der Waals surface area contributed by atoms with Crippen molar-refractivity contribution in [2.24, 2.45) is 0 Å². The van der Waals surface area contributed by atoms with Crippen LogP contribution in [-0.2, 0) is 4.79 Å². The number of benzene rings is 2. The summed E-state index contributed by atoms with van der Waals surface area (Å²) >= 11 is 1.29. The van der Waals surface area contributed by atoms with Crippen molar-refractivity contribution in [1.29, 1.82) is 0 Å². The Labute approximate surface area is 177 Å². The molecular weight excluding hydrogens is 398 g/mol. The fraction of sp³-hybridized carbons (Fsp3) is 0.0909. The number of para-hydroxylation sites is 1. The minimum Gasteiger partial charge on any atom is -0.457 e. The highest BCUT2D eigenvalue weighted by atomic mass is 32.2.